The number of methoxy groups -OCH3 is 2. The highest BCUT2D eigenvalue weighted by molar-refractivity contribution is 7.80. The van der Waals surface area contributed by atoms with Gasteiger partial charge in [0, 0.05) is 16.8 Å². The third-order valence-corrected chi connectivity index (χ3v) is 4.21. The standard InChI is InChI=1S/C20H19N3O3S/c1-12-10-11-13-14(21-12)6-4-7-15(13)22-20(27)23-19(24)18-16(25-2)8-5-9-17(18)26-3/h4-11H,1-3H3,(H2,22,23,24,27). The van der Waals surface area contributed by atoms with Crippen molar-refractivity contribution in [1.82, 2.24) is 10.3 Å². The van der Waals surface area contributed by atoms with Gasteiger partial charge in [-0.3, -0.25) is 15.1 Å². The first-order valence-electron chi connectivity index (χ1n) is 8.23. The number of hydrogen-bond donors (Lipinski definition) is 2. The summed E-state index contributed by atoms with van der Waals surface area (Å²) < 4.78 is 10.5. The molecule has 0 fully saturated rings. The van der Waals surface area contributed by atoms with E-state index in [1.165, 1.54) is 14.2 Å². The zero-order chi connectivity index (χ0) is 19.4. The number of carbonyl (C=O) groups is 1. The summed E-state index contributed by atoms with van der Waals surface area (Å²) >= 11 is 5.31. The summed E-state index contributed by atoms with van der Waals surface area (Å²) in [5.74, 6) is 0.384. The molecule has 6 nitrogen and oxygen atoms in total. The molecule has 0 radical (unpaired) electrons. The summed E-state index contributed by atoms with van der Waals surface area (Å²) in [5, 5.41) is 6.81. The molecule has 0 aliphatic rings. The van der Waals surface area contributed by atoms with Gasteiger partial charge < -0.3 is 14.8 Å². The van der Waals surface area contributed by atoms with Crippen LogP contribution < -0.4 is 20.1 Å². The van der Waals surface area contributed by atoms with Crippen LogP contribution in [0.15, 0.2) is 48.5 Å². The van der Waals surface area contributed by atoms with E-state index in [0.29, 0.717) is 11.5 Å². The molecular formula is C20H19N3O3S. The lowest BCUT2D eigenvalue weighted by atomic mass is 10.1. The van der Waals surface area contributed by atoms with Crippen LogP contribution in [-0.4, -0.2) is 30.2 Å². The fourth-order valence-corrected chi connectivity index (χ4v) is 2.96. The van der Waals surface area contributed by atoms with Crippen LogP contribution >= 0.6 is 12.2 Å². The van der Waals surface area contributed by atoms with Crippen LogP contribution in [0, 0.1) is 6.92 Å². The molecule has 3 rings (SSSR count). The van der Waals surface area contributed by atoms with Crippen molar-refractivity contribution in [3.05, 3.63) is 59.8 Å². The number of aryl methyl sites for hydroxylation is 1. The van der Waals surface area contributed by atoms with E-state index in [2.05, 4.69) is 15.6 Å². The van der Waals surface area contributed by atoms with E-state index in [-0.39, 0.29) is 10.7 Å². The normalized spacial score (nSPS) is 10.3. The van der Waals surface area contributed by atoms with Crippen molar-refractivity contribution in [2.24, 2.45) is 0 Å². The minimum Gasteiger partial charge on any atom is -0.496 e. The number of thiocarbonyl (C=S) groups is 1. The SMILES string of the molecule is COc1cccc(OC)c1C(=O)NC(=S)Nc1cccc2nc(C)ccc12. The Balaban J connectivity index is 1.82. The Hall–Kier alpha value is -3.19. The van der Waals surface area contributed by atoms with Crippen molar-refractivity contribution in [3.63, 3.8) is 0 Å². The van der Waals surface area contributed by atoms with Gasteiger partial charge in [0.05, 0.1) is 19.7 Å². The second-order valence-corrected chi connectivity index (χ2v) is 6.18. The lowest BCUT2D eigenvalue weighted by molar-refractivity contribution is 0.0971. The molecule has 0 atom stereocenters. The monoisotopic (exact) mass is 381 g/mol. The number of amides is 1. The van der Waals surface area contributed by atoms with Gasteiger partial charge in [-0.1, -0.05) is 12.1 Å². The molecule has 1 heterocycles. The van der Waals surface area contributed by atoms with Gasteiger partial charge in [-0.25, -0.2) is 0 Å². The van der Waals surface area contributed by atoms with E-state index < -0.39 is 5.91 Å². The van der Waals surface area contributed by atoms with Crippen molar-refractivity contribution >= 4 is 39.8 Å². The van der Waals surface area contributed by atoms with Crippen LogP contribution in [0.2, 0.25) is 0 Å². The third-order valence-electron chi connectivity index (χ3n) is 4.00. The number of ether oxygens (including phenoxy) is 2. The number of nitrogens with zero attached hydrogens (tertiary/aromatic N) is 1. The zero-order valence-corrected chi connectivity index (χ0v) is 16.0. The van der Waals surface area contributed by atoms with Crippen molar-refractivity contribution in [1.29, 1.82) is 0 Å². The minimum absolute atomic E-state index is 0.168. The quantitative estimate of drug-likeness (QED) is 0.672. The highest BCUT2D eigenvalue weighted by atomic mass is 32.1. The number of nitrogens with one attached hydrogen (secondary N) is 2. The molecule has 2 N–H and O–H groups in total. The maximum Gasteiger partial charge on any atom is 0.264 e. The minimum atomic E-state index is -0.420. The van der Waals surface area contributed by atoms with Gasteiger partial charge in [0.25, 0.3) is 5.91 Å². The molecule has 3 aromatic rings. The Morgan fingerprint density at radius 3 is 2.33 bits per heavy atom. The summed E-state index contributed by atoms with van der Waals surface area (Å²) in [5.41, 5.74) is 2.82. The molecular weight excluding hydrogens is 362 g/mol. The maximum atomic E-state index is 12.7. The van der Waals surface area contributed by atoms with Crippen LogP contribution in [0.4, 0.5) is 5.69 Å². The van der Waals surface area contributed by atoms with Gasteiger partial charge in [-0.15, -0.1) is 0 Å². The second kappa shape index (κ2) is 8.01. The van der Waals surface area contributed by atoms with Crippen LogP contribution in [-0.2, 0) is 0 Å². The molecule has 0 unspecified atom stereocenters. The lowest BCUT2D eigenvalue weighted by Gasteiger charge is -2.15. The Bertz CT molecular complexity index is 998. The van der Waals surface area contributed by atoms with Crippen LogP contribution in [0.1, 0.15) is 16.1 Å². The van der Waals surface area contributed by atoms with E-state index in [1.54, 1.807) is 18.2 Å². The van der Waals surface area contributed by atoms with Crippen molar-refractivity contribution in [2.45, 2.75) is 6.92 Å². The Labute approximate surface area is 162 Å². The van der Waals surface area contributed by atoms with E-state index in [9.17, 15) is 4.79 Å². The molecule has 1 aromatic heterocycles. The average molecular weight is 381 g/mol. The first-order chi connectivity index (χ1) is 13.0. The van der Waals surface area contributed by atoms with E-state index >= 15 is 0 Å². The summed E-state index contributed by atoms with van der Waals surface area (Å²) in [6.45, 7) is 1.94. The Morgan fingerprint density at radius 2 is 1.67 bits per heavy atom. The summed E-state index contributed by atoms with van der Waals surface area (Å²) in [6.07, 6.45) is 0. The third kappa shape index (κ3) is 3.98. The predicted molar refractivity (Wildman–Crippen MR) is 110 cm³/mol. The van der Waals surface area contributed by atoms with E-state index in [0.717, 1.165) is 22.3 Å². The van der Waals surface area contributed by atoms with Crippen LogP contribution in [0.3, 0.4) is 0 Å². The molecule has 0 aliphatic carbocycles. The molecule has 0 saturated carbocycles. The average Bonchev–Trinajstić information content (AvgIpc) is 2.66. The molecule has 2 aromatic carbocycles. The molecule has 0 bridgehead atoms. The molecule has 0 aliphatic heterocycles. The van der Waals surface area contributed by atoms with Gasteiger partial charge in [-0.05, 0) is 55.5 Å². The molecule has 7 heteroatoms. The number of anilines is 1. The largest absolute Gasteiger partial charge is 0.496 e. The van der Waals surface area contributed by atoms with Gasteiger partial charge >= 0.3 is 0 Å². The van der Waals surface area contributed by atoms with Crippen molar-refractivity contribution in [2.75, 3.05) is 19.5 Å². The number of hydrogen-bond acceptors (Lipinski definition) is 5. The Morgan fingerprint density at radius 1 is 1.00 bits per heavy atom. The van der Waals surface area contributed by atoms with Gasteiger partial charge in [-0.2, -0.15) is 0 Å². The zero-order valence-electron chi connectivity index (χ0n) is 15.2. The first kappa shape index (κ1) is 18.6. The summed E-state index contributed by atoms with van der Waals surface area (Å²) in [6, 6.07) is 14.7. The van der Waals surface area contributed by atoms with Crippen molar-refractivity contribution < 1.29 is 14.3 Å². The molecule has 0 saturated heterocycles. The second-order valence-electron chi connectivity index (χ2n) is 5.77. The molecule has 138 valence electrons. The molecule has 1 amide bonds. The highest BCUT2D eigenvalue weighted by Crippen LogP contribution is 2.28. The van der Waals surface area contributed by atoms with Gasteiger partial charge in [0.15, 0.2) is 5.11 Å². The van der Waals surface area contributed by atoms with Gasteiger partial charge in [0.1, 0.15) is 17.1 Å². The van der Waals surface area contributed by atoms with Crippen LogP contribution in [0.5, 0.6) is 11.5 Å². The first-order valence-corrected chi connectivity index (χ1v) is 8.64. The number of pyridine rings is 1. The predicted octanol–water partition coefficient (Wildman–Crippen LogP) is 3.69. The van der Waals surface area contributed by atoms with E-state index in [1.807, 2.05) is 37.3 Å². The smallest absolute Gasteiger partial charge is 0.264 e. The highest BCUT2D eigenvalue weighted by Gasteiger charge is 2.19. The van der Waals surface area contributed by atoms with Crippen molar-refractivity contribution in [3.8, 4) is 11.5 Å². The number of carbonyl (C=O) groups excluding carboxylic acids is 1. The number of benzene rings is 2. The summed E-state index contributed by atoms with van der Waals surface area (Å²) in [7, 11) is 2.99. The fourth-order valence-electron chi connectivity index (χ4n) is 2.76. The van der Waals surface area contributed by atoms with Crippen LogP contribution in [0.25, 0.3) is 10.9 Å². The Kier molecular flexibility index (Phi) is 5.52. The van der Waals surface area contributed by atoms with E-state index in [4.69, 9.17) is 21.7 Å². The molecule has 27 heavy (non-hydrogen) atoms. The molecule has 0 spiro atoms. The number of fused-ring (bicyclic) bond motifs is 1. The number of aromatic nitrogens is 1. The lowest BCUT2D eigenvalue weighted by Crippen LogP contribution is -2.34. The topological polar surface area (TPSA) is 72.5 Å². The fraction of sp³-hybridized carbons (Fsp3) is 0.150. The van der Waals surface area contributed by atoms with Gasteiger partial charge in [0.2, 0.25) is 0 Å². The summed E-state index contributed by atoms with van der Waals surface area (Å²) in [4.78, 5) is 17.2. The number of rotatable bonds is 4. The maximum absolute atomic E-state index is 12.7.